The summed E-state index contributed by atoms with van der Waals surface area (Å²) in [6.45, 7) is 11.8. The van der Waals surface area contributed by atoms with E-state index in [1.54, 1.807) is 0 Å². The molecule has 0 bridgehead atoms. The predicted molar refractivity (Wildman–Crippen MR) is 121 cm³/mol. The number of likely N-dealkylation sites (tertiary alicyclic amines) is 1. The van der Waals surface area contributed by atoms with Crippen LogP contribution in [0.25, 0.3) is 0 Å². The number of carbonyl (C=O) groups is 3. The van der Waals surface area contributed by atoms with Crippen LogP contribution in [0, 0.1) is 12.8 Å². The van der Waals surface area contributed by atoms with Crippen molar-refractivity contribution in [2.75, 3.05) is 58.9 Å². The maximum atomic E-state index is 13.1. The molecule has 0 spiro atoms. The van der Waals surface area contributed by atoms with Gasteiger partial charge in [-0.2, -0.15) is 0 Å². The van der Waals surface area contributed by atoms with Gasteiger partial charge in [0.15, 0.2) is 0 Å². The molecule has 0 aliphatic carbocycles. The topological polar surface area (TPSA) is 64.2 Å². The van der Waals surface area contributed by atoms with Gasteiger partial charge in [0.05, 0.1) is 12.5 Å². The van der Waals surface area contributed by atoms with Gasteiger partial charge in [0.25, 0.3) is 5.91 Å². The highest BCUT2D eigenvalue weighted by Crippen LogP contribution is 2.21. The van der Waals surface area contributed by atoms with Crippen molar-refractivity contribution in [1.29, 1.82) is 0 Å². The van der Waals surface area contributed by atoms with E-state index in [1.165, 1.54) is 0 Å². The summed E-state index contributed by atoms with van der Waals surface area (Å²) < 4.78 is 0. The Morgan fingerprint density at radius 1 is 0.935 bits per heavy atom. The molecule has 1 aromatic rings. The number of piperidine rings is 1. The fourth-order valence-corrected chi connectivity index (χ4v) is 4.49. The Morgan fingerprint density at radius 2 is 1.58 bits per heavy atom. The molecule has 170 valence electrons. The van der Waals surface area contributed by atoms with E-state index in [0.29, 0.717) is 38.3 Å². The normalized spacial score (nSPS) is 19.9. The molecule has 2 fully saturated rings. The van der Waals surface area contributed by atoms with Crippen molar-refractivity contribution in [2.24, 2.45) is 5.92 Å². The highest BCUT2D eigenvalue weighted by Gasteiger charge is 2.33. The zero-order chi connectivity index (χ0) is 22.4. The number of amides is 3. The van der Waals surface area contributed by atoms with Crippen LogP contribution in [0.2, 0.25) is 0 Å². The number of carbonyl (C=O) groups excluding carboxylic acids is 3. The third kappa shape index (κ3) is 5.85. The fraction of sp³-hybridized carbons (Fsp3) is 0.625. The van der Waals surface area contributed by atoms with Crippen LogP contribution in [0.4, 0.5) is 0 Å². The molecule has 0 saturated carbocycles. The zero-order valence-corrected chi connectivity index (χ0v) is 19.2. The van der Waals surface area contributed by atoms with Gasteiger partial charge in [-0.3, -0.25) is 19.3 Å². The van der Waals surface area contributed by atoms with Crippen molar-refractivity contribution in [3.8, 4) is 0 Å². The Bertz CT molecular complexity index is 768. The van der Waals surface area contributed by atoms with Crippen LogP contribution in [-0.2, 0) is 9.59 Å². The van der Waals surface area contributed by atoms with E-state index in [2.05, 4.69) is 4.90 Å². The molecule has 0 N–H and O–H groups in total. The molecule has 3 rings (SSSR count). The molecule has 2 saturated heterocycles. The summed E-state index contributed by atoms with van der Waals surface area (Å²) in [4.78, 5) is 46.1. The van der Waals surface area contributed by atoms with Gasteiger partial charge < -0.3 is 14.7 Å². The second kappa shape index (κ2) is 10.8. The lowest BCUT2D eigenvalue weighted by Gasteiger charge is -2.39. The lowest BCUT2D eigenvalue weighted by Crippen LogP contribution is -2.54. The number of aryl methyl sites for hydroxylation is 1. The molecule has 2 heterocycles. The SMILES string of the molecule is CCN(CC)C(=O)CN1CCN(C(=O)C2CCCN(C(=O)c3ccc(C)cc3)C2)CC1. The third-order valence-electron chi connectivity index (χ3n) is 6.52. The summed E-state index contributed by atoms with van der Waals surface area (Å²) in [5.74, 6) is 0.183. The second-order valence-corrected chi connectivity index (χ2v) is 8.62. The van der Waals surface area contributed by atoms with Crippen LogP contribution in [0.15, 0.2) is 24.3 Å². The van der Waals surface area contributed by atoms with E-state index in [-0.39, 0.29) is 23.6 Å². The van der Waals surface area contributed by atoms with Crippen LogP contribution < -0.4 is 0 Å². The minimum Gasteiger partial charge on any atom is -0.342 e. The van der Waals surface area contributed by atoms with Gasteiger partial charge >= 0.3 is 0 Å². The molecule has 1 unspecified atom stereocenters. The molecule has 0 aromatic heterocycles. The van der Waals surface area contributed by atoms with Crippen molar-refractivity contribution >= 4 is 17.7 Å². The van der Waals surface area contributed by atoms with Crippen molar-refractivity contribution in [3.63, 3.8) is 0 Å². The van der Waals surface area contributed by atoms with Gasteiger partial charge in [-0.25, -0.2) is 0 Å². The largest absolute Gasteiger partial charge is 0.342 e. The first-order valence-corrected chi connectivity index (χ1v) is 11.6. The molecule has 31 heavy (non-hydrogen) atoms. The monoisotopic (exact) mass is 428 g/mol. The molecule has 7 nitrogen and oxygen atoms in total. The molecule has 3 amide bonds. The molecular formula is C24H36N4O3. The van der Waals surface area contributed by atoms with Gasteiger partial charge in [0, 0.05) is 57.9 Å². The standard InChI is InChI=1S/C24H36N4O3/c1-4-26(5-2)22(29)18-25-13-15-27(16-14-25)24(31)21-7-6-12-28(17-21)23(30)20-10-8-19(3)9-11-20/h8-11,21H,4-7,12-18H2,1-3H3. The molecule has 2 aliphatic rings. The van der Waals surface area contributed by atoms with E-state index in [9.17, 15) is 14.4 Å². The van der Waals surface area contributed by atoms with E-state index < -0.39 is 0 Å². The average molecular weight is 429 g/mol. The van der Waals surface area contributed by atoms with Crippen molar-refractivity contribution < 1.29 is 14.4 Å². The molecule has 1 atom stereocenters. The van der Waals surface area contributed by atoms with E-state index in [0.717, 1.165) is 44.6 Å². The molecular weight excluding hydrogens is 392 g/mol. The number of nitrogens with zero attached hydrogens (tertiary/aromatic N) is 4. The number of hydrogen-bond donors (Lipinski definition) is 0. The van der Waals surface area contributed by atoms with Crippen LogP contribution in [-0.4, -0.2) is 96.2 Å². The third-order valence-corrected chi connectivity index (χ3v) is 6.52. The predicted octanol–water partition coefficient (Wildman–Crippen LogP) is 1.86. The number of hydrogen-bond acceptors (Lipinski definition) is 4. The van der Waals surface area contributed by atoms with Crippen LogP contribution >= 0.6 is 0 Å². The van der Waals surface area contributed by atoms with E-state index in [4.69, 9.17) is 0 Å². The Labute approximate surface area is 186 Å². The Hall–Kier alpha value is -2.41. The summed E-state index contributed by atoms with van der Waals surface area (Å²) in [5, 5.41) is 0. The van der Waals surface area contributed by atoms with Gasteiger partial charge in [0.2, 0.25) is 11.8 Å². The van der Waals surface area contributed by atoms with E-state index >= 15 is 0 Å². The number of piperazine rings is 1. The summed E-state index contributed by atoms with van der Waals surface area (Å²) in [6.07, 6.45) is 1.68. The highest BCUT2D eigenvalue weighted by atomic mass is 16.2. The first kappa shape index (κ1) is 23.3. The molecule has 1 aromatic carbocycles. The number of likely N-dealkylation sites (N-methyl/N-ethyl adjacent to an activating group) is 1. The van der Waals surface area contributed by atoms with Crippen LogP contribution in [0.5, 0.6) is 0 Å². The maximum Gasteiger partial charge on any atom is 0.253 e. The number of rotatable bonds is 6. The minimum atomic E-state index is -0.132. The zero-order valence-electron chi connectivity index (χ0n) is 19.2. The summed E-state index contributed by atoms with van der Waals surface area (Å²) >= 11 is 0. The second-order valence-electron chi connectivity index (χ2n) is 8.62. The quantitative estimate of drug-likeness (QED) is 0.694. The van der Waals surface area contributed by atoms with Crippen molar-refractivity contribution in [3.05, 3.63) is 35.4 Å². The summed E-state index contributed by atoms with van der Waals surface area (Å²) in [6, 6.07) is 7.62. The van der Waals surface area contributed by atoms with Crippen molar-refractivity contribution in [2.45, 2.75) is 33.6 Å². The Morgan fingerprint density at radius 3 is 2.19 bits per heavy atom. The first-order chi connectivity index (χ1) is 14.9. The van der Waals surface area contributed by atoms with Gasteiger partial charge in [-0.1, -0.05) is 17.7 Å². The van der Waals surface area contributed by atoms with Crippen LogP contribution in [0.1, 0.15) is 42.6 Å². The molecule has 2 aliphatic heterocycles. The maximum absolute atomic E-state index is 13.1. The summed E-state index contributed by atoms with van der Waals surface area (Å²) in [5.41, 5.74) is 1.81. The smallest absolute Gasteiger partial charge is 0.253 e. The lowest BCUT2D eigenvalue weighted by atomic mass is 9.95. The lowest BCUT2D eigenvalue weighted by molar-refractivity contribution is -0.139. The van der Waals surface area contributed by atoms with E-state index in [1.807, 2.05) is 59.7 Å². The fourth-order valence-electron chi connectivity index (χ4n) is 4.49. The van der Waals surface area contributed by atoms with Crippen molar-refractivity contribution in [1.82, 2.24) is 19.6 Å². The minimum absolute atomic E-state index is 0.0113. The first-order valence-electron chi connectivity index (χ1n) is 11.6. The number of benzene rings is 1. The molecule has 0 radical (unpaired) electrons. The Balaban J connectivity index is 1.51. The Kier molecular flexibility index (Phi) is 8.07. The molecule has 7 heteroatoms. The van der Waals surface area contributed by atoms with Gasteiger partial charge in [-0.15, -0.1) is 0 Å². The highest BCUT2D eigenvalue weighted by molar-refractivity contribution is 5.94. The average Bonchev–Trinajstić information content (AvgIpc) is 2.80. The summed E-state index contributed by atoms with van der Waals surface area (Å²) in [7, 11) is 0. The van der Waals surface area contributed by atoms with Crippen LogP contribution in [0.3, 0.4) is 0 Å². The van der Waals surface area contributed by atoms with Gasteiger partial charge in [-0.05, 0) is 45.7 Å². The van der Waals surface area contributed by atoms with Gasteiger partial charge in [0.1, 0.15) is 0 Å².